The first-order valence-corrected chi connectivity index (χ1v) is 8.79. The minimum atomic E-state index is -4.69. The molecule has 1 aromatic carbocycles. The molecule has 1 fully saturated rings. The van der Waals surface area contributed by atoms with Crippen molar-refractivity contribution in [2.45, 2.75) is 12.7 Å². The molecule has 0 aliphatic carbocycles. The van der Waals surface area contributed by atoms with E-state index < -0.39 is 12.1 Å². The maximum absolute atomic E-state index is 12.6. The third-order valence-corrected chi connectivity index (χ3v) is 4.43. The lowest BCUT2D eigenvalue weighted by Crippen LogP contribution is -2.37. The summed E-state index contributed by atoms with van der Waals surface area (Å²) in [5, 5.41) is 3.35. The zero-order valence-corrected chi connectivity index (χ0v) is 15.1. The number of hydrogen-bond acceptors (Lipinski definition) is 7. The fourth-order valence-electron chi connectivity index (χ4n) is 2.91. The van der Waals surface area contributed by atoms with Gasteiger partial charge in [-0.1, -0.05) is 29.4 Å². The monoisotopic (exact) mass is 407 g/mol. The Kier molecular flexibility index (Phi) is 5.05. The Bertz CT molecular complexity index is 1040. The highest BCUT2D eigenvalue weighted by atomic mass is 19.4. The van der Waals surface area contributed by atoms with Crippen molar-refractivity contribution < 1.29 is 22.4 Å². The van der Waals surface area contributed by atoms with Gasteiger partial charge in [0.2, 0.25) is 5.82 Å². The Morgan fingerprint density at radius 1 is 1.10 bits per heavy atom. The fourth-order valence-corrected chi connectivity index (χ4v) is 2.91. The van der Waals surface area contributed by atoms with Crippen LogP contribution in [0, 0.1) is 0 Å². The van der Waals surface area contributed by atoms with Crippen LogP contribution in [-0.2, 0) is 17.5 Å². The van der Waals surface area contributed by atoms with Gasteiger partial charge in [-0.2, -0.15) is 18.2 Å². The zero-order valence-electron chi connectivity index (χ0n) is 15.1. The molecule has 0 amide bonds. The summed E-state index contributed by atoms with van der Waals surface area (Å²) < 4.78 is 48.7. The third kappa shape index (κ3) is 4.29. The molecule has 8 nitrogen and oxygen atoms in total. The highest BCUT2D eigenvalue weighted by Crippen LogP contribution is 2.29. The van der Waals surface area contributed by atoms with Gasteiger partial charge in [0.1, 0.15) is 12.1 Å². The van der Waals surface area contributed by atoms with Gasteiger partial charge in [-0.05, 0) is 5.56 Å². The Morgan fingerprint density at radius 2 is 1.83 bits per heavy atom. The van der Waals surface area contributed by atoms with Gasteiger partial charge in [0.25, 0.3) is 5.56 Å². The molecular weight excluding hydrogens is 391 g/mol. The van der Waals surface area contributed by atoms with Crippen molar-refractivity contribution in [3.8, 4) is 11.4 Å². The smallest absolute Gasteiger partial charge is 0.378 e. The lowest BCUT2D eigenvalue weighted by Gasteiger charge is -2.27. The van der Waals surface area contributed by atoms with Crippen LogP contribution in [-0.4, -0.2) is 46.0 Å². The second-order valence-electron chi connectivity index (χ2n) is 6.43. The average molecular weight is 407 g/mol. The second-order valence-corrected chi connectivity index (χ2v) is 6.43. The van der Waals surface area contributed by atoms with Gasteiger partial charge in [-0.3, -0.25) is 9.36 Å². The van der Waals surface area contributed by atoms with Crippen molar-refractivity contribution >= 4 is 5.82 Å². The molecule has 4 rings (SSSR count). The number of rotatable bonds is 4. The number of anilines is 1. The molecule has 3 heterocycles. The van der Waals surface area contributed by atoms with Crippen LogP contribution >= 0.6 is 0 Å². The number of halogens is 3. The van der Waals surface area contributed by atoms with E-state index in [2.05, 4.69) is 19.6 Å². The van der Waals surface area contributed by atoms with Crippen molar-refractivity contribution in [1.29, 1.82) is 0 Å². The highest BCUT2D eigenvalue weighted by molar-refractivity contribution is 5.54. The predicted octanol–water partition coefficient (Wildman–Crippen LogP) is 2.20. The molecule has 0 N–H and O–H groups in total. The van der Waals surface area contributed by atoms with Crippen LogP contribution in [0.1, 0.15) is 11.5 Å². The Morgan fingerprint density at radius 3 is 2.45 bits per heavy atom. The number of benzene rings is 1. The van der Waals surface area contributed by atoms with Crippen LogP contribution in [0.25, 0.3) is 11.4 Å². The molecule has 2 aromatic heterocycles. The molecule has 0 unspecified atom stereocenters. The summed E-state index contributed by atoms with van der Waals surface area (Å²) in [7, 11) is 0. The van der Waals surface area contributed by atoms with Gasteiger partial charge in [0.15, 0.2) is 0 Å². The number of hydrogen-bond donors (Lipinski definition) is 0. The summed E-state index contributed by atoms with van der Waals surface area (Å²) in [4.78, 5) is 22.1. The number of nitrogens with zero attached hydrogens (tertiary/aromatic N) is 5. The van der Waals surface area contributed by atoms with Crippen LogP contribution in [0.4, 0.5) is 19.0 Å². The van der Waals surface area contributed by atoms with Crippen LogP contribution in [0.15, 0.2) is 46.0 Å². The zero-order chi connectivity index (χ0) is 20.4. The maximum Gasteiger partial charge on any atom is 0.471 e. The summed E-state index contributed by atoms with van der Waals surface area (Å²) in [6.07, 6.45) is -3.21. The van der Waals surface area contributed by atoms with Crippen molar-refractivity contribution in [2.75, 3.05) is 31.2 Å². The first kappa shape index (κ1) is 19.1. The second kappa shape index (κ2) is 7.66. The van der Waals surface area contributed by atoms with Crippen molar-refractivity contribution in [2.24, 2.45) is 0 Å². The minimum Gasteiger partial charge on any atom is -0.378 e. The summed E-state index contributed by atoms with van der Waals surface area (Å²) in [6, 6.07) is 7.99. The van der Waals surface area contributed by atoms with Crippen LogP contribution in [0.5, 0.6) is 0 Å². The number of morpholine rings is 1. The van der Waals surface area contributed by atoms with Crippen LogP contribution < -0.4 is 10.5 Å². The van der Waals surface area contributed by atoms with E-state index in [1.54, 1.807) is 24.3 Å². The van der Waals surface area contributed by atoms with Gasteiger partial charge in [-0.25, -0.2) is 4.98 Å². The highest BCUT2D eigenvalue weighted by Gasteiger charge is 2.38. The number of ether oxygens (including phenoxy) is 1. The quantitative estimate of drug-likeness (QED) is 0.655. The maximum atomic E-state index is 12.6. The topological polar surface area (TPSA) is 86.3 Å². The molecule has 0 atom stereocenters. The van der Waals surface area contributed by atoms with E-state index in [0.29, 0.717) is 37.7 Å². The summed E-state index contributed by atoms with van der Waals surface area (Å²) >= 11 is 0. The molecule has 29 heavy (non-hydrogen) atoms. The molecule has 1 aliphatic heterocycles. The lowest BCUT2D eigenvalue weighted by molar-refractivity contribution is -0.159. The van der Waals surface area contributed by atoms with Gasteiger partial charge < -0.3 is 14.2 Å². The Hall–Kier alpha value is -3.21. The molecule has 11 heteroatoms. The van der Waals surface area contributed by atoms with E-state index in [0.717, 1.165) is 5.56 Å². The summed E-state index contributed by atoms with van der Waals surface area (Å²) in [5.74, 6) is -0.936. The summed E-state index contributed by atoms with van der Waals surface area (Å²) in [6.45, 7) is 2.84. The minimum absolute atomic E-state index is 0.155. The van der Waals surface area contributed by atoms with E-state index in [-0.39, 0.29) is 17.9 Å². The largest absolute Gasteiger partial charge is 0.471 e. The normalized spacial score (nSPS) is 14.9. The molecule has 3 aromatic rings. The first-order chi connectivity index (χ1) is 13.9. The van der Waals surface area contributed by atoms with E-state index in [1.807, 2.05) is 4.90 Å². The molecular formula is C18H16F3N5O3. The lowest BCUT2D eigenvalue weighted by atomic mass is 10.1. The predicted molar refractivity (Wildman–Crippen MR) is 95.4 cm³/mol. The SMILES string of the molecule is O=c1cc(N2CCOCC2)ncn1Cc1ccc(-c2noc(C(F)(F)F)n2)cc1. The molecule has 152 valence electrons. The van der Waals surface area contributed by atoms with Crippen molar-refractivity contribution in [3.05, 3.63) is 58.5 Å². The fraction of sp³-hybridized carbons (Fsp3) is 0.333. The van der Waals surface area contributed by atoms with Gasteiger partial charge >= 0.3 is 12.1 Å². The van der Waals surface area contributed by atoms with E-state index in [9.17, 15) is 18.0 Å². The van der Waals surface area contributed by atoms with E-state index >= 15 is 0 Å². The standard InChI is InChI=1S/C18H16F3N5O3/c19-18(20,21)17-23-16(24-29-17)13-3-1-12(2-4-13)10-26-11-22-14(9-15(26)27)25-5-7-28-8-6-25/h1-4,9,11H,5-8,10H2. The van der Waals surface area contributed by atoms with E-state index in [4.69, 9.17) is 4.74 Å². The van der Waals surface area contributed by atoms with Gasteiger partial charge in [0.05, 0.1) is 19.8 Å². The molecule has 1 saturated heterocycles. The number of alkyl halides is 3. The molecule has 0 saturated carbocycles. The first-order valence-electron chi connectivity index (χ1n) is 8.79. The molecule has 0 radical (unpaired) electrons. The third-order valence-electron chi connectivity index (χ3n) is 4.43. The van der Waals surface area contributed by atoms with Crippen molar-refractivity contribution in [3.63, 3.8) is 0 Å². The van der Waals surface area contributed by atoms with Gasteiger partial charge in [-0.15, -0.1) is 0 Å². The van der Waals surface area contributed by atoms with Crippen molar-refractivity contribution in [1.82, 2.24) is 19.7 Å². The average Bonchev–Trinajstić information content (AvgIpc) is 3.22. The Balaban J connectivity index is 1.47. The van der Waals surface area contributed by atoms with Crippen LogP contribution in [0.2, 0.25) is 0 Å². The molecule has 0 spiro atoms. The van der Waals surface area contributed by atoms with E-state index in [1.165, 1.54) is 17.0 Å². The van der Waals surface area contributed by atoms with Crippen LogP contribution in [0.3, 0.4) is 0 Å². The van der Waals surface area contributed by atoms with Gasteiger partial charge in [0, 0.05) is 24.7 Å². The summed E-state index contributed by atoms with van der Waals surface area (Å²) in [5.41, 5.74) is 0.955. The molecule has 0 bridgehead atoms. The number of aromatic nitrogens is 4. The Labute approximate surface area is 162 Å². The molecule has 1 aliphatic rings.